The number of hydrogen-bond acceptors (Lipinski definition) is 5. The molecule has 7 heteroatoms. The summed E-state index contributed by atoms with van der Waals surface area (Å²) in [6, 6.07) is 9.70. The number of thioether (sulfide) groups is 1. The van der Waals surface area contributed by atoms with E-state index >= 15 is 0 Å². The van der Waals surface area contributed by atoms with E-state index in [9.17, 15) is 4.79 Å². The Morgan fingerprint density at radius 1 is 1.37 bits per heavy atom. The molecule has 0 N–H and O–H groups in total. The van der Waals surface area contributed by atoms with Gasteiger partial charge in [0.05, 0.1) is 11.6 Å². The minimum atomic E-state index is -0.0710. The molecule has 0 saturated carbocycles. The molecule has 0 aliphatic carbocycles. The molecule has 0 aromatic carbocycles. The van der Waals surface area contributed by atoms with Crippen molar-refractivity contribution in [2.75, 3.05) is 19.4 Å². The van der Waals surface area contributed by atoms with Gasteiger partial charge in [-0.05, 0) is 42.9 Å². The van der Waals surface area contributed by atoms with Gasteiger partial charge in [0.15, 0.2) is 10.9 Å². The molecule has 1 fully saturated rings. The van der Waals surface area contributed by atoms with Gasteiger partial charge in [0.25, 0.3) is 5.91 Å². The maximum Gasteiger partial charge on any atom is 0.275 e. The van der Waals surface area contributed by atoms with Crippen LogP contribution in [0.4, 0.5) is 0 Å². The first kappa shape index (κ1) is 18.0. The van der Waals surface area contributed by atoms with E-state index in [-0.39, 0.29) is 12.0 Å². The molecule has 0 radical (unpaired) electrons. The summed E-state index contributed by atoms with van der Waals surface area (Å²) in [7, 11) is 0. The zero-order valence-electron chi connectivity index (χ0n) is 15.2. The summed E-state index contributed by atoms with van der Waals surface area (Å²) >= 11 is 1.53. The lowest BCUT2D eigenvalue weighted by Crippen LogP contribution is -2.37. The number of fused-ring (bicyclic) bond motifs is 1. The van der Waals surface area contributed by atoms with Gasteiger partial charge in [0.1, 0.15) is 0 Å². The summed E-state index contributed by atoms with van der Waals surface area (Å²) in [6.07, 6.45) is 9.56. The van der Waals surface area contributed by atoms with Crippen molar-refractivity contribution in [2.24, 2.45) is 0 Å². The van der Waals surface area contributed by atoms with Gasteiger partial charge in [-0.25, -0.2) is 4.98 Å². The van der Waals surface area contributed by atoms with Crippen molar-refractivity contribution >= 4 is 23.2 Å². The quantitative estimate of drug-likeness (QED) is 0.613. The Hall–Kier alpha value is -2.38. The number of imidazole rings is 1. The van der Waals surface area contributed by atoms with Crippen molar-refractivity contribution in [3.05, 3.63) is 60.2 Å². The number of carbonyl (C=O) groups excluding carboxylic acids is 1. The van der Waals surface area contributed by atoms with Crippen LogP contribution in [0.15, 0.2) is 54.1 Å². The van der Waals surface area contributed by atoms with E-state index in [0.717, 1.165) is 35.7 Å². The van der Waals surface area contributed by atoms with Crippen molar-refractivity contribution in [3.8, 4) is 0 Å². The third-order valence-electron chi connectivity index (χ3n) is 4.73. The van der Waals surface area contributed by atoms with Crippen molar-refractivity contribution < 1.29 is 9.53 Å². The van der Waals surface area contributed by atoms with Crippen LogP contribution in [0.25, 0.3) is 5.52 Å². The molecule has 1 unspecified atom stereocenters. The largest absolute Gasteiger partial charge is 0.376 e. The highest BCUT2D eigenvalue weighted by Gasteiger charge is 2.27. The topological polar surface area (TPSA) is 59.7 Å². The van der Waals surface area contributed by atoms with Crippen LogP contribution in [0.3, 0.4) is 0 Å². The minimum Gasteiger partial charge on any atom is -0.376 e. The molecule has 3 aromatic rings. The monoisotopic (exact) mass is 382 g/mol. The fourth-order valence-corrected chi connectivity index (χ4v) is 3.96. The summed E-state index contributed by atoms with van der Waals surface area (Å²) in [5, 5.41) is 0.812. The number of amides is 1. The number of pyridine rings is 2. The van der Waals surface area contributed by atoms with Gasteiger partial charge in [-0.1, -0.05) is 23.9 Å². The van der Waals surface area contributed by atoms with E-state index in [1.165, 1.54) is 11.8 Å². The van der Waals surface area contributed by atoms with Gasteiger partial charge in [-0.3, -0.25) is 14.2 Å². The summed E-state index contributed by atoms with van der Waals surface area (Å²) in [4.78, 5) is 24.1. The Labute approximate surface area is 162 Å². The summed E-state index contributed by atoms with van der Waals surface area (Å²) in [5.74, 6) is -0.0710. The smallest absolute Gasteiger partial charge is 0.275 e. The Morgan fingerprint density at radius 2 is 2.30 bits per heavy atom. The Bertz CT molecular complexity index is 922. The van der Waals surface area contributed by atoms with Crippen molar-refractivity contribution in [1.29, 1.82) is 0 Å². The first-order valence-corrected chi connectivity index (χ1v) is 10.3. The third kappa shape index (κ3) is 3.84. The lowest BCUT2D eigenvalue weighted by Gasteiger charge is -2.25. The van der Waals surface area contributed by atoms with E-state index in [4.69, 9.17) is 4.74 Å². The lowest BCUT2D eigenvalue weighted by atomic mass is 10.2. The molecule has 140 valence electrons. The molecule has 3 aromatic heterocycles. The van der Waals surface area contributed by atoms with Crippen molar-refractivity contribution in [2.45, 2.75) is 30.6 Å². The predicted octanol–water partition coefficient (Wildman–Crippen LogP) is 3.27. The predicted molar refractivity (Wildman–Crippen MR) is 105 cm³/mol. The number of carbonyl (C=O) groups is 1. The summed E-state index contributed by atoms with van der Waals surface area (Å²) < 4.78 is 7.75. The number of nitrogens with zero attached hydrogens (tertiary/aromatic N) is 4. The second-order valence-corrected chi connectivity index (χ2v) is 7.36. The van der Waals surface area contributed by atoms with Gasteiger partial charge < -0.3 is 9.64 Å². The van der Waals surface area contributed by atoms with E-state index in [0.29, 0.717) is 18.8 Å². The van der Waals surface area contributed by atoms with E-state index in [1.54, 1.807) is 12.4 Å². The van der Waals surface area contributed by atoms with Gasteiger partial charge in [0.2, 0.25) is 0 Å². The Balaban J connectivity index is 1.67. The Kier molecular flexibility index (Phi) is 5.40. The van der Waals surface area contributed by atoms with E-state index in [1.807, 2.05) is 52.1 Å². The number of ether oxygens (including phenoxy) is 1. The van der Waals surface area contributed by atoms with Gasteiger partial charge in [0, 0.05) is 38.3 Å². The van der Waals surface area contributed by atoms with Crippen LogP contribution in [-0.2, 0) is 11.3 Å². The van der Waals surface area contributed by atoms with Crippen molar-refractivity contribution in [3.63, 3.8) is 0 Å². The highest BCUT2D eigenvalue weighted by Crippen LogP contribution is 2.23. The van der Waals surface area contributed by atoms with Gasteiger partial charge in [-0.15, -0.1) is 0 Å². The maximum atomic E-state index is 13.4. The fraction of sp³-hybridized carbons (Fsp3) is 0.350. The SMILES string of the molecule is CSc1nc(C(=O)N(Cc2cccnc2)CC2CCCO2)c2ccccn12. The first-order chi connectivity index (χ1) is 13.3. The third-order valence-corrected chi connectivity index (χ3v) is 5.39. The zero-order valence-corrected chi connectivity index (χ0v) is 16.1. The molecule has 4 rings (SSSR count). The van der Waals surface area contributed by atoms with Crippen LogP contribution in [0, 0.1) is 0 Å². The minimum absolute atomic E-state index is 0.0710. The summed E-state index contributed by atoms with van der Waals surface area (Å²) in [5.41, 5.74) is 2.31. The highest BCUT2D eigenvalue weighted by atomic mass is 32.2. The average molecular weight is 382 g/mol. The normalized spacial score (nSPS) is 16.7. The number of hydrogen-bond donors (Lipinski definition) is 0. The van der Waals surface area contributed by atoms with Crippen LogP contribution in [-0.4, -0.2) is 50.7 Å². The number of rotatable bonds is 6. The molecule has 27 heavy (non-hydrogen) atoms. The molecular formula is C20H22N4O2S. The fourth-order valence-electron chi connectivity index (χ4n) is 3.43. The molecule has 4 heterocycles. The van der Waals surface area contributed by atoms with E-state index < -0.39 is 0 Å². The van der Waals surface area contributed by atoms with E-state index in [2.05, 4.69) is 9.97 Å². The molecule has 0 bridgehead atoms. The second kappa shape index (κ2) is 8.10. The number of aromatic nitrogens is 3. The molecule has 1 aliphatic heterocycles. The molecule has 1 saturated heterocycles. The van der Waals surface area contributed by atoms with Crippen LogP contribution < -0.4 is 0 Å². The Morgan fingerprint density at radius 3 is 3.04 bits per heavy atom. The average Bonchev–Trinajstić information content (AvgIpc) is 3.35. The van der Waals surface area contributed by atoms with Crippen LogP contribution in [0.2, 0.25) is 0 Å². The molecular weight excluding hydrogens is 360 g/mol. The zero-order chi connectivity index (χ0) is 18.6. The van der Waals surface area contributed by atoms with Gasteiger partial charge >= 0.3 is 0 Å². The highest BCUT2D eigenvalue weighted by molar-refractivity contribution is 7.98. The molecule has 6 nitrogen and oxygen atoms in total. The molecule has 0 spiro atoms. The van der Waals surface area contributed by atoms with Crippen LogP contribution >= 0.6 is 11.8 Å². The van der Waals surface area contributed by atoms with Crippen LogP contribution in [0.1, 0.15) is 28.9 Å². The first-order valence-electron chi connectivity index (χ1n) is 9.07. The lowest BCUT2D eigenvalue weighted by molar-refractivity contribution is 0.0504. The standard InChI is InChI=1S/C20H22N4O2S/c1-27-20-22-18(17-8-2-3-10-24(17)20)19(25)23(14-16-7-5-11-26-16)13-15-6-4-9-21-12-15/h2-4,6,8-10,12,16H,5,7,11,13-14H2,1H3. The second-order valence-electron chi connectivity index (χ2n) is 6.58. The van der Waals surface area contributed by atoms with Gasteiger partial charge in [-0.2, -0.15) is 0 Å². The van der Waals surface area contributed by atoms with Crippen LogP contribution in [0.5, 0.6) is 0 Å². The summed E-state index contributed by atoms with van der Waals surface area (Å²) in [6.45, 7) is 1.82. The molecule has 1 aliphatic rings. The van der Waals surface area contributed by atoms with Crippen molar-refractivity contribution in [1.82, 2.24) is 19.3 Å². The maximum absolute atomic E-state index is 13.4. The molecule has 1 amide bonds. The molecule has 1 atom stereocenters.